The maximum atomic E-state index is 5.53. The van der Waals surface area contributed by atoms with Crippen LogP contribution in [0.4, 0.5) is 0 Å². The van der Waals surface area contributed by atoms with E-state index in [0.29, 0.717) is 12.1 Å². The van der Waals surface area contributed by atoms with Gasteiger partial charge in [0.2, 0.25) is 0 Å². The van der Waals surface area contributed by atoms with Crippen LogP contribution in [0.5, 0.6) is 0 Å². The van der Waals surface area contributed by atoms with Gasteiger partial charge in [-0.25, -0.2) is 0 Å². The zero-order valence-corrected chi connectivity index (χ0v) is 10.0. The highest BCUT2D eigenvalue weighted by atomic mass is 16.5. The second kappa shape index (κ2) is 5.28. The molecule has 3 heteroatoms. The van der Waals surface area contributed by atoms with Gasteiger partial charge in [0.15, 0.2) is 0 Å². The number of nitrogens with zero attached hydrogens (tertiary/aromatic N) is 1. The van der Waals surface area contributed by atoms with Crippen molar-refractivity contribution in [3.63, 3.8) is 0 Å². The summed E-state index contributed by atoms with van der Waals surface area (Å²) in [6, 6.07) is 1.57. The molecule has 1 N–H and O–H groups in total. The molecule has 2 unspecified atom stereocenters. The molecular formula is C12H24N2O. The van der Waals surface area contributed by atoms with Crippen molar-refractivity contribution in [2.75, 3.05) is 26.7 Å². The second-order valence-electron chi connectivity index (χ2n) is 5.07. The Kier molecular flexibility index (Phi) is 4.00. The van der Waals surface area contributed by atoms with Gasteiger partial charge >= 0.3 is 0 Å². The Morgan fingerprint density at radius 2 is 2.13 bits per heavy atom. The van der Waals surface area contributed by atoms with E-state index in [1.54, 1.807) is 0 Å². The van der Waals surface area contributed by atoms with Gasteiger partial charge in [0, 0.05) is 31.8 Å². The molecule has 1 aliphatic carbocycles. The summed E-state index contributed by atoms with van der Waals surface area (Å²) in [6.45, 7) is 5.42. The summed E-state index contributed by atoms with van der Waals surface area (Å²) in [5.41, 5.74) is 0. The smallest absolute Gasteiger partial charge is 0.0561 e. The maximum absolute atomic E-state index is 5.53. The van der Waals surface area contributed by atoms with E-state index in [4.69, 9.17) is 4.74 Å². The lowest BCUT2D eigenvalue weighted by Crippen LogP contribution is -2.41. The van der Waals surface area contributed by atoms with Gasteiger partial charge in [0.25, 0.3) is 0 Å². The molecule has 2 fully saturated rings. The van der Waals surface area contributed by atoms with Gasteiger partial charge in [-0.15, -0.1) is 0 Å². The van der Waals surface area contributed by atoms with E-state index in [1.165, 1.54) is 32.2 Å². The minimum absolute atomic E-state index is 0.442. The number of ether oxygens (including phenoxy) is 1. The van der Waals surface area contributed by atoms with Crippen LogP contribution in [0.1, 0.15) is 32.6 Å². The summed E-state index contributed by atoms with van der Waals surface area (Å²) in [6.07, 6.45) is 5.61. The van der Waals surface area contributed by atoms with Crippen molar-refractivity contribution < 1.29 is 4.74 Å². The summed E-state index contributed by atoms with van der Waals surface area (Å²) >= 11 is 0. The van der Waals surface area contributed by atoms with Gasteiger partial charge in [0.05, 0.1) is 6.10 Å². The first-order valence-corrected chi connectivity index (χ1v) is 6.31. The van der Waals surface area contributed by atoms with Gasteiger partial charge in [0.1, 0.15) is 0 Å². The SMILES string of the molecule is CC1CC(NCCN(C)C2CC2)CCO1. The molecule has 2 rings (SSSR count). The molecule has 2 atom stereocenters. The monoisotopic (exact) mass is 212 g/mol. The van der Waals surface area contributed by atoms with Crippen molar-refractivity contribution in [3.8, 4) is 0 Å². The average molecular weight is 212 g/mol. The van der Waals surface area contributed by atoms with Crippen LogP contribution >= 0.6 is 0 Å². The molecule has 0 amide bonds. The summed E-state index contributed by atoms with van der Waals surface area (Å²) in [5, 5.41) is 3.64. The third kappa shape index (κ3) is 3.74. The third-order valence-corrected chi connectivity index (χ3v) is 3.55. The number of nitrogens with one attached hydrogen (secondary N) is 1. The number of hydrogen-bond acceptors (Lipinski definition) is 3. The van der Waals surface area contributed by atoms with E-state index in [2.05, 4.69) is 24.2 Å². The average Bonchev–Trinajstić information content (AvgIpc) is 3.00. The minimum atomic E-state index is 0.442. The van der Waals surface area contributed by atoms with Crippen molar-refractivity contribution >= 4 is 0 Å². The highest BCUT2D eigenvalue weighted by Gasteiger charge is 2.25. The Labute approximate surface area is 93.2 Å². The predicted octanol–water partition coefficient (Wildman–Crippen LogP) is 1.24. The molecule has 0 aromatic heterocycles. The lowest BCUT2D eigenvalue weighted by molar-refractivity contribution is 0.0131. The molecule has 1 heterocycles. The number of likely N-dealkylation sites (N-methyl/N-ethyl adjacent to an activating group) is 1. The van der Waals surface area contributed by atoms with Crippen LogP contribution in [0.3, 0.4) is 0 Å². The molecule has 88 valence electrons. The number of hydrogen-bond donors (Lipinski definition) is 1. The Morgan fingerprint density at radius 1 is 1.33 bits per heavy atom. The first kappa shape index (κ1) is 11.4. The standard InChI is InChI=1S/C12H24N2O/c1-10-9-11(5-8-15-10)13-6-7-14(2)12-3-4-12/h10-13H,3-9H2,1-2H3. The van der Waals surface area contributed by atoms with Crippen LogP contribution in [0.2, 0.25) is 0 Å². The highest BCUT2D eigenvalue weighted by molar-refractivity contribution is 4.83. The fourth-order valence-corrected chi connectivity index (χ4v) is 2.33. The molecule has 0 bridgehead atoms. The Balaban J connectivity index is 1.56. The molecule has 0 radical (unpaired) electrons. The van der Waals surface area contributed by atoms with Gasteiger partial charge < -0.3 is 15.0 Å². The minimum Gasteiger partial charge on any atom is -0.378 e. The van der Waals surface area contributed by atoms with Gasteiger partial charge in [-0.2, -0.15) is 0 Å². The van der Waals surface area contributed by atoms with Crippen LogP contribution in [-0.2, 0) is 4.74 Å². The molecule has 3 nitrogen and oxygen atoms in total. The molecule has 2 aliphatic rings. The van der Waals surface area contributed by atoms with Crippen LogP contribution < -0.4 is 5.32 Å². The Hall–Kier alpha value is -0.120. The van der Waals surface area contributed by atoms with Crippen molar-refractivity contribution in [1.29, 1.82) is 0 Å². The molecule has 1 aliphatic heterocycles. The fraction of sp³-hybridized carbons (Fsp3) is 1.00. The van der Waals surface area contributed by atoms with Crippen LogP contribution in [0.15, 0.2) is 0 Å². The summed E-state index contributed by atoms with van der Waals surface area (Å²) < 4.78 is 5.53. The largest absolute Gasteiger partial charge is 0.378 e. The first-order chi connectivity index (χ1) is 7.25. The maximum Gasteiger partial charge on any atom is 0.0561 e. The zero-order chi connectivity index (χ0) is 10.7. The molecule has 0 aromatic rings. The molecule has 1 saturated carbocycles. The fourth-order valence-electron chi connectivity index (χ4n) is 2.33. The molecule has 0 aromatic carbocycles. The third-order valence-electron chi connectivity index (χ3n) is 3.55. The lowest BCUT2D eigenvalue weighted by atomic mass is 10.0. The van der Waals surface area contributed by atoms with Crippen molar-refractivity contribution in [3.05, 3.63) is 0 Å². The van der Waals surface area contributed by atoms with Gasteiger partial charge in [-0.3, -0.25) is 0 Å². The summed E-state index contributed by atoms with van der Waals surface area (Å²) in [7, 11) is 2.24. The van der Waals surface area contributed by atoms with Crippen molar-refractivity contribution in [1.82, 2.24) is 10.2 Å². The zero-order valence-electron chi connectivity index (χ0n) is 10.0. The van der Waals surface area contributed by atoms with Gasteiger partial charge in [-0.05, 0) is 39.7 Å². The van der Waals surface area contributed by atoms with E-state index in [9.17, 15) is 0 Å². The first-order valence-electron chi connectivity index (χ1n) is 6.31. The highest BCUT2D eigenvalue weighted by Crippen LogP contribution is 2.24. The van der Waals surface area contributed by atoms with E-state index < -0.39 is 0 Å². The quantitative estimate of drug-likeness (QED) is 0.742. The van der Waals surface area contributed by atoms with E-state index in [-0.39, 0.29) is 0 Å². The molecular weight excluding hydrogens is 188 g/mol. The van der Waals surface area contributed by atoms with E-state index in [1.807, 2.05) is 0 Å². The van der Waals surface area contributed by atoms with Crippen LogP contribution in [0.25, 0.3) is 0 Å². The topological polar surface area (TPSA) is 24.5 Å². The van der Waals surface area contributed by atoms with E-state index in [0.717, 1.165) is 19.2 Å². The normalized spacial score (nSPS) is 32.2. The Morgan fingerprint density at radius 3 is 2.80 bits per heavy atom. The summed E-state index contributed by atoms with van der Waals surface area (Å²) in [5.74, 6) is 0. The van der Waals surface area contributed by atoms with Crippen molar-refractivity contribution in [2.24, 2.45) is 0 Å². The number of rotatable bonds is 5. The summed E-state index contributed by atoms with van der Waals surface area (Å²) in [4.78, 5) is 2.48. The molecule has 0 spiro atoms. The van der Waals surface area contributed by atoms with Gasteiger partial charge in [-0.1, -0.05) is 0 Å². The van der Waals surface area contributed by atoms with Crippen LogP contribution in [-0.4, -0.2) is 49.8 Å². The molecule has 1 saturated heterocycles. The van der Waals surface area contributed by atoms with Crippen LogP contribution in [0, 0.1) is 0 Å². The van der Waals surface area contributed by atoms with Crippen molar-refractivity contribution in [2.45, 2.75) is 50.8 Å². The second-order valence-corrected chi connectivity index (χ2v) is 5.07. The predicted molar refractivity (Wildman–Crippen MR) is 62.1 cm³/mol. The molecule has 15 heavy (non-hydrogen) atoms. The Bertz CT molecular complexity index is 194. The van der Waals surface area contributed by atoms with E-state index >= 15 is 0 Å². The lowest BCUT2D eigenvalue weighted by Gasteiger charge is -2.28.